The SMILES string of the molecule is CC(=O)CC(C)=O.C[CH]=[Rh]=[CH]C. The van der Waals surface area contributed by atoms with Gasteiger partial charge in [-0.05, 0) is 13.8 Å². The molecule has 0 aromatic heterocycles. The molecule has 0 heterocycles. The van der Waals surface area contributed by atoms with E-state index in [-0.39, 0.29) is 18.0 Å². The zero-order valence-electron chi connectivity index (χ0n) is 8.01. The summed E-state index contributed by atoms with van der Waals surface area (Å²) in [7, 11) is 0. The van der Waals surface area contributed by atoms with Gasteiger partial charge in [0.15, 0.2) is 0 Å². The van der Waals surface area contributed by atoms with Crippen molar-refractivity contribution in [2.75, 3.05) is 0 Å². The summed E-state index contributed by atoms with van der Waals surface area (Å²) in [6, 6.07) is 0. The molecular formula is C9H16O2Rh. The molecule has 3 heteroatoms. The first-order valence-corrected chi connectivity index (χ1v) is 5.55. The van der Waals surface area contributed by atoms with E-state index in [1.165, 1.54) is 13.8 Å². The Bertz CT molecular complexity index is 183. The Morgan fingerprint density at radius 1 is 1.08 bits per heavy atom. The molecule has 0 N–H and O–H groups in total. The summed E-state index contributed by atoms with van der Waals surface area (Å²) in [6.45, 7) is 6.98. The fourth-order valence-electron chi connectivity index (χ4n) is 0.462. The molecule has 0 aliphatic carbocycles. The minimum atomic E-state index is -0.0625. The number of Topliss-reactive ketones (excluding diaryl/α,β-unsaturated/α-hetero) is 2. The number of ketones is 2. The summed E-state index contributed by atoms with van der Waals surface area (Å²) in [4.78, 5) is 20.1. The van der Waals surface area contributed by atoms with Gasteiger partial charge in [-0.15, -0.1) is 0 Å². The normalized spacial score (nSPS) is 7.67. The van der Waals surface area contributed by atoms with Crippen LogP contribution in [0.4, 0.5) is 0 Å². The third-order valence-corrected chi connectivity index (χ3v) is 1.81. The van der Waals surface area contributed by atoms with Crippen molar-refractivity contribution in [3.63, 3.8) is 0 Å². The van der Waals surface area contributed by atoms with Crippen LogP contribution in [0.25, 0.3) is 0 Å². The predicted octanol–water partition coefficient (Wildman–Crippen LogP) is 1.27. The third kappa shape index (κ3) is 22.6. The molecule has 0 aromatic rings. The zero-order chi connectivity index (χ0) is 9.98. The van der Waals surface area contributed by atoms with Crippen LogP contribution in [0.1, 0.15) is 34.1 Å². The molecular weight excluding hydrogens is 243 g/mol. The molecule has 2 nitrogen and oxygen atoms in total. The average molecular weight is 259 g/mol. The Balaban J connectivity index is 0. The summed E-state index contributed by atoms with van der Waals surface area (Å²) in [5, 5.41) is 0. The molecule has 0 aliphatic rings. The minimum absolute atomic E-state index is 0.0625. The van der Waals surface area contributed by atoms with Crippen LogP contribution in [-0.2, 0) is 25.8 Å². The number of rotatable bonds is 2. The van der Waals surface area contributed by atoms with Gasteiger partial charge in [-0.1, -0.05) is 0 Å². The van der Waals surface area contributed by atoms with Gasteiger partial charge in [-0.3, -0.25) is 9.59 Å². The van der Waals surface area contributed by atoms with Crippen LogP contribution in [0, 0.1) is 0 Å². The van der Waals surface area contributed by atoms with E-state index < -0.39 is 0 Å². The molecule has 0 atom stereocenters. The van der Waals surface area contributed by atoms with Gasteiger partial charge in [0.1, 0.15) is 11.6 Å². The Kier molecular flexibility index (Phi) is 12.7. The van der Waals surface area contributed by atoms with E-state index in [4.69, 9.17) is 0 Å². The molecule has 0 bridgehead atoms. The van der Waals surface area contributed by atoms with E-state index in [2.05, 4.69) is 23.1 Å². The Labute approximate surface area is 81.0 Å². The van der Waals surface area contributed by atoms with E-state index in [9.17, 15) is 9.59 Å². The molecule has 0 saturated heterocycles. The van der Waals surface area contributed by atoms with Crippen molar-refractivity contribution in [1.29, 1.82) is 0 Å². The maximum absolute atomic E-state index is 10.0. The van der Waals surface area contributed by atoms with Crippen LogP contribution in [0.5, 0.6) is 0 Å². The van der Waals surface area contributed by atoms with Gasteiger partial charge in [0.25, 0.3) is 0 Å². The van der Waals surface area contributed by atoms with Crippen molar-refractivity contribution >= 4 is 20.8 Å². The second-order valence-corrected chi connectivity index (χ2v) is 4.52. The second-order valence-electron chi connectivity index (χ2n) is 2.08. The van der Waals surface area contributed by atoms with Gasteiger partial charge in [0.05, 0.1) is 6.42 Å². The van der Waals surface area contributed by atoms with Gasteiger partial charge in [0.2, 0.25) is 0 Å². The predicted molar refractivity (Wildman–Crippen MR) is 49.5 cm³/mol. The fourth-order valence-corrected chi connectivity index (χ4v) is 1.01. The van der Waals surface area contributed by atoms with Gasteiger partial charge < -0.3 is 0 Å². The van der Waals surface area contributed by atoms with Crippen molar-refractivity contribution in [2.24, 2.45) is 0 Å². The molecule has 0 spiro atoms. The summed E-state index contributed by atoms with van der Waals surface area (Å²) in [5.74, 6) is -0.125. The first kappa shape index (κ1) is 14.2. The van der Waals surface area contributed by atoms with E-state index in [0.29, 0.717) is 16.2 Å². The number of hydrogen-bond donors (Lipinski definition) is 0. The number of hydrogen-bond acceptors (Lipinski definition) is 2. The zero-order valence-corrected chi connectivity index (χ0v) is 9.65. The number of carbonyl (C=O) groups excluding carboxylic acids is 2. The first-order chi connectivity index (χ1) is 5.54. The van der Waals surface area contributed by atoms with E-state index in [0.717, 1.165) is 0 Å². The average Bonchev–Trinajstić information content (AvgIpc) is 1.87. The quantitative estimate of drug-likeness (QED) is 0.552. The van der Waals surface area contributed by atoms with Crippen LogP contribution in [0.2, 0.25) is 0 Å². The van der Waals surface area contributed by atoms with Crippen LogP contribution >= 0.6 is 0 Å². The number of carbonyl (C=O) groups is 2. The third-order valence-electron chi connectivity index (χ3n) is 0.720. The Hall–Kier alpha value is -0.297. The summed E-state index contributed by atoms with van der Waals surface area (Å²) in [5.41, 5.74) is 0. The van der Waals surface area contributed by atoms with Crippen molar-refractivity contribution in [2.45, 2.75) is 34.1 Å². The molecule has 73 valence electrons. The van der Waals surface area contributed by atoms with Crippen LogP contribution < -0.4 is 0 Å². The molecule has 0 rings (SSSR count). The first-order valence-electron chi connectivity index (χ1n) is 3.65. The van der Waals surface area contributed by atoms with Crippen LogP contribution in [-0.4, -0.2) is 20.8 Å². The van der Waals surface area contributed by atoms with E-state index >= 15 is 0 Å². The second kappa shape index (κ2) is 10.7. The molecule has 0 fully saturated rings. The maximum atomic E-state index is 10.0. The van der Waals surface area contributed by atoms with Crippen molar-refractivity contribution in [3.05, 3.63) is 0 Å². The van der Waals surface area contributed by atoms with Crippen molar-refractivity contribution < 1.29 is 25.8 Å². The van der Waals surface area contributed by atoms with Crippen LogP contribution in [0.15, 0.2) is 0 Å². The summed E-state index contributed by atoms with van der Waals surface area (Å²) < 4.78 is 4.39. The standard InChI is InChI=1S/C5H8O2.2C2H4.Rh/c1-4(6)3-5(2)7;2*1-2;/h3H2,1-2H3;2*1H,2H3;. The molecule has 0 amide bonds. The van der Waals surface area contributed by atoms with E-state index in [1.807, 2.05) is 0 Å². The van der Waals surface area contributed by atoms with Crippen molar-refractivity contribution in [1.82, 2.24) is 0 Å². The van der Waals surface area contributed by atoms with Gasteiger partial charge >= 0.3 is 39.3 Å². The van der Waals surface area contributed by atoms with Gasteiger partial charge in [0, 0.05) is 0 Å². The summed E-state index contributed by atoms with van der Waals surface area (Å²) in [6.07, 6.45) is 0.0833. The molecule has 0 aromatic carbocycles. The topological polar surface area (TPSA) is 34.1 Å². The molecule has 12 heavy (non-hydrogen) atoms. The Morgan fingerprint density at radius 2 is 1.42 bits per heavy atom. The van der Waals surface area contributed by atoms with Crippen molar-refractivity contribution in [3.8, 4) is 0 Å². The Morgan fingerprint density at radius 3 is 1.42 bits per heavy atom. The van der Waals surface area contributed by atoms with Gasteiger partial charge in [-0.25, -0.2) is 0 Å². The van der Waals surface area contributed by atoms with Gasteiger partial charge in [-0.2, -0.15) is 0 Å². The molecule has 0 radical (unpaired) electrons. The molecule has 0 saturated carbocycles. The molecule has 0 aliphatic heterocycles. The molecule has 0 unspecified atom stereocenters. The monoisotopic (exact) mass is 259 g/mol. The van der Waals surface area contributed by atoms with Crippen LogP contribution in [0.3, 0.4) is 0 Å². The summed E-state index contributed by atoms with van der Waals surface area (Å²) >= 11 is 0.657. The fraction of sp³-hybridized carbons (Fsp3) is 0.556. The van der Waals surface area contributed by atoms with E-state index in [1.54, 1.807) is 0 Å².